The summed E-state index contributed by atoms with van der Waals surface area (Å²) in [6, 6.07) is 0. The maximum absolute atomic E-state index is 11.7. The highest BCUT2D eigenvalue weighted by molar-refractivity contribution is 5.83. The number of hydrogen-bond acceptors (Lipinski definition) is 3. The molecular formula is C12H24N2O2. The molecular weight excluding hydrogens is 204 g/mol. The second-order valence-electron chi connectivity index (χ2n) is 4.31. The van der Waals surface area contributed by atoms with Gasteiger partial charge in [0.2, 0.25) is 5.91 Å². The summed E-state index contributed by atoms with van der Waals surface area (Å²) < 4.78 is 0. The Morgan fingerprint density at radius 2 is 1.88 bits per heavy atom. The van der Waals surface area contributed by atoms with Crippen LogP contribution in [-0.4, -0.2) is 36.2 Å². The fraction of sp³-hybridized carbons (Fsp3) is 0.833. The molecule has 0 saturated heterocycles. The van der Waals surface area contributed by atoms with E-state index in [1.54, 1.807) is 0 Å². The highest BCUT2D eigenvalue weighted by Gasteiger charge is 2.16. The fourth-order valence-corrected chi connectivity index (χ4v) is 1.42. The van der Waals surface area contributed by atoms with Gasteiger partial charge in [0, 0.05) is 5.92 Å². The van der Waals surface area contributed by atoms with Gasteiger partial charge in [0.1, 0.15) is 5.78 Å². The van der Waals surface area contributed by atoms with E-state index in [9.17, 15) is 9.59 Å². The number of unbranched alkanes of at least 4 members (excludes halogenated alkanes) is 1. The van der Waals surface area contributed by atoms with E-state index in [1.807, 2.05) is 18.7 Å². The highest BCUT2D eigenvalue weighted by Crippen LogP contribution is 2.04. The average molecular weight is 228 g/mol. The minimum atomic E-state index is -0.368. The summed E-state index contributed by atoms with van der Waals surface area (Å²) in [5.41, 5.74) is 5.16. The first-order chi connectivity index (χ1) is 7.51. The lowest BCUT2D eigenvalue weighted by Crippen LogP contribution is -2.39. The largest absolute Gasteiger partial charge is 0.369 e. The molecule has 0 aliphatic carbocycles. The third-order valence-electron chi connectivity index (χ3n) is 2.75. The smallest absolute Gasteiger partial charge is 0.231 e. The molecule has 0 aliphatic rings. The predicted octanol–water partition coefficient (Wildman–Crippen LogP) is 1.19. The van der Waals surface area contributed by atoms with Gasteiger partial charge in [0.05, 0.1) is 13.1 Å². The third-order valence-corrected chi connectivity index (χ3v) is 2.75. The first-order valence-corrected chi connectivity index (χ1v) is 6.04. The molecule has 1 unspecified atom stereocenters. The molecule has 0 radical (unpaired) electrons. The van der Waals surface area contributed by atoms with Gasteiger partial charge in [0.15, 0.2) is 0 Å². The number of carbonyl (C=O) groups is 2. The Bertz CT molecular complexity index is 229. The molecule has 0 heterocycles. The van der Waals surface area contributed by atoms with Crippen molar-refractivity contribution in [3.05, 3.63) is 0 Å². The van der Waals surface area contributed by atoms with Crippen LogP contribution in [0.1, 0.15) is 40.0 Å². The van der Waals surface area contributed by atoms with Crippen molar-refractivity contribution in [3.63, 3.8) is 0 Å². The standard InChI is InChI=1S/C12H24N2O2/c1-4-6-7-14(9-12(13)16)8-11(15)10(3)5-2/h10H,4-9H2,1-3H3,(H2,13,16). The number of ketones is 1. The fourth-order valence-electron chi connectivity index (χ4n) is 1.42. The quantitative estimate of drug-likeness (QED) is 0.644. The summed E-state index contributed by atoms with van der Waals surface area (Å²) >= 11 is 0. The normalized spacial score (nSPS) is 12.8. The monoisotopic (exact) mass is 228 g/mol. The van der Waals surface area contributed by atoms with Crippen LogP contribution in [0, 0.1) is 5.92 Å². The lowest BCUT2D eigenvalue weighted by Gasteiger charge is -2.21. The van der Waals surface area contributed by atoms with E-state index in [-0.39, 0.29) is 24.2 Å². The summed E-state index contributed by atoms with van der Waals surface area (Å²) in [7, 11) is 0. The van der Waals surface area contributed by atoms with E-state index >= 15 is 0 Å². The molecule has 2 N–H and O–H groups in total. The number of amides is 1. The molecule has 0 aromatic rings. The van der Waals surface area contributed by atoms with Gasteiger partial charge in [0.25, 0.3) is 0 Å². The number of primary amides is 1. The number of Topliss-reactive ketones (excluding diaryl/α,β-unsaturated/α-hetero) is 1. The van der Waals surface area contributed by atoms with Crippen LogP contribution in [0.5, 0.6) is 0 Å². The van der Waals surface area contributed by atoms with Gasteiger partial charge < -0.3 is 5.73 Å². The lowest BCUT2D eigenvalue weighted by atomic mass is 10.0. The summed E-state index contributed by atoms with van der Waals surface area (Å²) in [6.45, 7) is 7.29. The van der Waals surface area contributed by atoms with E-state index in [2.05, 4.69) is 6.92 Å². The van der Waals surface area contributed by atoms with Crippen LogP contribution in [0.2, 0.25) is 0 Å². The maximum Gasteiger partial charge on any atom is 0.231 e. The number of carbonyl (C=O) groups excluding carboxylic acids is 2. The van der Waals surface area contributed by atoms with Crippen molar-refractivity contribution in [2.75, 3.05) is 19.6 Å². The van der Waals surface area contributed by atoms with E-state index < -0.39 is 0 Å². The molecule has 94 valence electrons. The number of rotatable bonds is 9. The van der Waals surface area contributed by atoms with Crippen molar-refractivity contribution in [3.8, 4) is 0 Å². The minimum absolute atomic E-state index is 0.0667. The van der Waals surface area contributed by atoms with Crippen LogP contribution in [-0.2, 0) is 9.59 Å². The number of hydrogen-bond donors (Lipinski definition) is 1. The SMILES string of the molecule is CCCCN(CC(N)=O)CC(=O)C(C)CC. The van der Waals surface area contributed by atoms with E-state index in [0.717, 1.165) is 25.8 Å². The van der Waals surface area contributed by atoms with E-state index in [0.29, 0.717) is 6.54 Å². The molecule has 4 heteroatoms. The first-order valence-electron chi connectivity index (χ1n) is 6.04. The Morgan fingerprint density at radius 3 is 2.31 bits per heavy atom. The molecule has 0 aromatic heterocycles. The molecule has 0 spiro atoms. The van der Waals surface area contributed by atoms with Gasteiger partial charge in [-0.05, 0) is 19.4 Å². The molecule has 0 bridgehead atoms. The summed E-state index contributed by atoms with van der Waals surface area (Å²) in [5, 5.41) is 0. The van der Waals surface area contributed by atoms with Crippen molar-refractivity contribution in [2.45, 2.75) is 40.0 Å². The number of nitrogens with two attached hydrogens (primary N) is 1. The summed E-state index contributed by atoms with van der Waals surface area (Å²) in [4.78, 5) is 24.4. The molecule has 0 aromatic carbocycles. The molecule has 0 aliphatic heterocycles. The highest BCUT2D eigenvalue weighted by atomic mass is 16.1. The molecule has 16 heavy (non-hydrogen) atoms. The third kappa shape index (κ3) is 6.56. The molecule has 0 rings (SSSR count). The topological polar surface area (TPSA) is 63.4 Å². The van der Waals surface area contributed by atoms with Crippen LogP contribution < -0.4 is 5.73 Å². The predicted molar refractivity (Wildman–Crippen MR) is 65.0 cm³/mol. The molecule has 0 fully saturated rings. The maximum atomic E-state index is 11.7. The molecule has 1 atom stereocenters. The van der Waals surface area contributed by atoms with Gasteiger partial charge in [-0.25, -0.2) is 0 Å². The van der Waals surface area contributed by atoms with Gasteiger partial charge >= 0.3 is 0 Å². The Kier molecular flexibility index (Phi) is 7.81. The van der Waals surface area contributed by atoms with Crippen LogP contribution in [0.4, 0.5) is 0 Å². The van der Waals surface area contributed by atoms with Gasteiger partial charge in [-0.2, -0.15) is 0 Å². The Balaban J connectivity index is 4.18. The van der Waals surface area contributed by atoms with Gasteiger partial charge in [-0.3, -0.25) is 14.5 Å². The van der Waals surface area contributed by atoms with Crippen molar-refractivity contribution in [1.82, 2.24) is 4.90 Å². The Hall–Kier alpha value is -0.900. The zero-order valence-electron chi connectivity index (χ0n) is 10.7. The Morgan fingerprint density at radius 1 is 1.25 bits per heavy atom. The first kappa shape index (κ1) is 15.1. The second-order valence-corrected chi connectivity index (χ2v) is 4.31. The number of nitrogens with zero attached hydrogens (tertiary/aromatic N) is 1. The van der Waals surface area contributed by atoms with E-state index in [1.165, 1.54) is 0 Å². The van der Waals surface area contributed by atoms with Crippen LogP contribution in [0.3, 0.4) is 0 Å². The van der Waals surface area contributed by atoms with Crippen LogP contribution in [0.25, 0.3) is 0 Å². The van der Waals surface area contributed by atoms with Gasteiger partial charge in [-0.15, -0.1) is 0 Å². The van der Waals surface area contributed by atoms with Crippen LogP contribution >= 0.6 is 0 Å². The van der Waals surface area contributed by atoms with Crippen LogP contribution in [0.15, 0.2) is 0 Å². The summed E-state index contributed by atoms with van der Waals surface area (Å²) in [6.07, 6.45) is 2.88. The summed E-state index contributed by atoms with van der Waals surface area (Å²) in [5.74, 6) is -0.107. The van der Waals surface area contributed by atoms with Crippen molar-refractivity contribution >= 4 is 11.7 Å². The van der Waals surface area contributed by atoms with E-state index in [4.69, 9.17) is 5.73 Å². The molecule has 1 amide bonds. The van der Waals surface area contributed by atoms with Gasteiger partial charge in [-0.1, -0.05) is 27.2 Å². The second kappa shape index (κ2) is 8.28. The zero-order valence-corrected chi connectivity index (χ0v) is 10.7. The average Bonchev–Trinajstić information content (AvgIpc) is 2.23. The molecule has 0 saturated carbocycles. The van der Waals surface area contributed by atoms with Crippen molar-refractivity contribution in [2.24, 2.45) is 11.7 Å². The lowest BCUT2D eigenvalue weighted by molar-refractivity contribution is -0.125. The minimum Gasteiger partial charge on any atom is -0.369 e. The van der Waals surface area contributed by atoms with Crippen molar-refractivity contribution < 1.29 is 9.59 Å². The molecule has 4 nitrogen and oxygen atoms in total. The Labute approximate surface area is 98.2 Å². The van der Waals surface area contributed by atoms with Crippen molar-refractivity contribution in [1.29, 1.82) is 0 Å². The zero-order chi connectivity index (χ0) is 12.6.